The second-order valence-electron chi connectivity index (χ2n) is 6.82. The number of aryl methyl sites for hydroxylation is 1. The quantitative estimate of drug-likeness (QED) is 0.514. The maximum Gasteiger partial charge on any atom is 0.128 e. The van der Waals surface area contributed by atoms with Crippen LogP contribution in [0.25, 0.3) is 29.6 Å². The van der Waals surface area contributed by atoms with E-state index in [1.165, 1.54) is 6.07 Å². The maximum atomic E-state index is 14.0. The summed E-state index contributed by atoms with van der Waals surface area (Å²) in [5, 5.41) is 15.9. The van der Waals surface area contributed by atoms with E-state index >= 15 is 0 Å². The first-order valence-electron chi connectivity index (χ1n) is 8.95. The van der Waals surface area contributed by atoms with Crippen LogP contribution in [0, 0.1) is 24.1 Å². The predicted octanol–water partition coefficient (Wildman–Crippen LogP) is 5.17. The molecule has 0 amide bonds. The van der Waals surface area contributed by atoms with E-state index < -0.39 is 0 Å². The molecular formula is C24H17ClFN3. The molecule has 3 nitrogen and oxygen atoms in total. The van der Waals surface area contributed by atoms with Crippen molar-refractivity contribution in [1.82, 2.24) is 4.57 Å². The Hall–Kier alpha value is -3.55. The molecule has 1 N–H and O–H groups in total. The van der Waals surface area contributed by atoms with Crippen LogP contribution < -0.4 is 16.0 Å². The van der Waals surface area contributed by atoms with E-state index in [0.717, 1.165) is 22.1 Å². The second-order valence-corrected chi connectivity index (χ2v) is 7.23. The topological polar surface area (TPSA) is 40.8 Å². The van der Waals surface area contributed by atoms with Gasteiger partial charge in [0.1, 0.15) is 5.82 Å². The molecule has 4 rings (SSSR count). The lowest BCUT2D eigenvalue weighted by Crippen LogP contribution is -2.23. The molecule has 0 aliphatic heterocycles. The molecule has 0 saturated carbocycles. The van der Waals surface area contributed by atoms with Crippen LogP contribution in [0.2, 0.25) is 5.02 Å². The number of fused-ring (bicyclic) bond motifs is 1. The van der Waals surface area contributed by atoms with Crippen molar-refractivity contribution < 1.29 is 4.39 Å². The molecule has 0 fully saturated rings. The van der Waals surface area contributed by atoms with Gasteiger partial charge in [-0.2, -0.15) is 5.26 Å². The van der Waals surface area contributed by atoms with E-state index in [0.29, 0.717) is 32.5 Å². The number of hydrogen-bond acceptors (Lipinski definition) is 2. The number of nitriles is 1. The van der Waals surface area contributed by atoms with Gasteiger partial charge in [-0.15, -0.1) is 0 Å². The molecule has 29 heavy (non-hydrogen) atoms. The minimum atomic E-state index is -0.279. The molecule has 0 unspecified atom stereocenters. The number of halogens is 2. The zero-order valence-corrected chi connectivity index (χ0v) is 16.5. The highest BCUT2D eigenvalue weighted by Crippen LogP contribution is 2.29. The summed E-state index contributed by atoms with van der Waals surface area (Å²) in [6.45, 7) is 10.2. The summed E-state index contributed by atoms with van der Waals surface area (Å²) in [5.74, 6) is -0.279. The van der Waals surface area contributed by atoms with E-state index in [9.17, 15) is 9.65 Å². The number of aromatic nitrogens is 1. The van der Waals surface area contributed by atoms with Crippen molar-refractivity contribution in [2.75, 3.05) is 5.32 Å². The molecule has 0 spiro atoms. The van der Waals surface area contributed by atoms with Crippen molar-refractivity contribution in [3.05, 3.63) is 87.3 Å². The molecule has 3 aromatic carbocycles. The zero-order chi connectivity index (χ0) is 20.7. The third-order valence-corrected chi connectivity index (χ3v) is 5.27. The Bertz CT molecular complexity index is 1410. The Labute approximate surface area is 172 Å². The SMILES string of the molecule is C=c1c2c(Cl)ccc(Nc3ccc(C)c(F)c3)c2c(=C)n1-c1cccc(C#N)c1. The minimum absolute atomic E-state index is 0.279. The molecule has 0 atom stereocenters. The first kappa shape index (κ1) is 18.8. The fourth-order valence-corrected chi connectivity index (χ4v) is 3.77. The molecule has 4 aromatic rings. The molecule has 1 aromatic heterocycles. The Morgan fingerprint density at radius 1 is 1.03 bits per heavy atom. The fraction of sp³-hybridized carbons (Fsp3) is 0.0417. The number of anilines is 2. The summed E-state index contributed by atoms with van der Waals surface area (Å²) in [5.41, 5.74) is 3.27. The molecule has 142 valence electrons. The van der Waals surface area contributed by atoms with Crippen molar-refractivity contribution in [3.63, 3.8) is 0 Å². The molecule has 0 saturated heterocycles. The van der Waals surface area contributed by atoms with Crippen LogP contribution in [-0.4, -0.2) is 4.57 Å². The standard InChI is InChI=1S/C24H17ClFN3/c1-14-7-8-18(12-21(14)26)28-22-10-9-20(25)23-15(2)29(16(3)24(22)23)19-6-4-5-17(11-19)13-27/h4-12,28H,2-3H2,1H3. The summed E-state index contributed by atoms with van der Waals surface area (Å²) in [4.78, 5) is 0. The monoisotopic (exact) mass is 401 g/mol. The van der Waals surface area contributed by atoms with Crippen molar-refractivity contribution in [2.45, 2.75) is 6.92 Å². The van der Waals surface area contributed by atoms with Crippen molar-refractivity contribution in [1.29, 1.82) is 5.26 Å². The van der Waals surface area contributed by atoms with Gasteiger partial charge in [0, 0.05) is 38.5 Å². The molecule has 0 bridgehead atoms. The third kappa shape index (κ3) is 3.16. The predicted molar refractivity (Wildman–Crippen MR) is 118 cm³/mol. The van der Waals surface area contributed by atoms with Gasteiger partial charge in [0.05, 0.1) is 16.7 Å². The normalized spacial score (nSPS) is 10.8. The van der Waals surface area contributed by atoms with E-state index in [-0.39, 0.29) is 5.82 Å². The average molecular weight is 402 g/mol. The van der Waals surface area contributed by atoms with Crippen LogP contribution in [0.5, 0.6) is 0 Å². The lowest BCUT2D eigenvalue weighted by molar-refractivity contribution is 0.619. The first-order valence-corrected chi connectivity index (χ1v) is 9.33. The van der Waals surface area contributed by atoms with Gasteiger partial charge in [-0.3, -0.25) is 0 Å². The van der Waals surface area contributed by atoms with Gasteiger partial charge in [0.15, 0.2) is 0 Å². The average Bonchev–Trinajstić information content (AvgIpc) is 2.98. The van der Waals surface area contributed by atoms with E-state index in [4.69, 9.17) is 11.6 Å². The Morgan fingerprint density at radius 3 is 2.52 bits per heavy atom. The van der Waals surface area contributed by atoms with Gasteiger partial charge >= 0.3 is 0 Å². The molecule has 1 heterocycles. The van der Waals surface area contributed by atoms with E-state index in [2.05, 4.69) is 24.5 Å². The van der Waals surface area contributed by atoms with E-state index in [1.807, 2.05) is 28.8 Å². The van der Waals surface area contributed by atoms with Gasteiger partial charge in [0.2, 0.25) is 0 Å². The highest BCUT2D eigenvalue weighted by atomic mass is 35.5. The number of hydrogen-bond donors (Lipinski definition) is 1. The van der Waals surface area contributed by atoms with Gasteiger partial charge < -0.3 is 9.88 Å². The summed E-state index contributed by atoms with van der Waals surface area (Å²) in [6, 6.07) is 18.0. The summed E-state index contributed by atoms with van der Waals surface area (Å²) < 4.78 is 15.9. The smallest absolute Gasteiger partial charge is 0.128 e. The minimum Gasteiger partial charge on any atom is -0.355 e. The van der Waals surface area contributed by atoms with Gasteiger partial charge in [-0.05, 0) is 55.0 Å². The van der Waals surface area contributed by atoms with Crippen LogP contribution in [0.15, 0.2) is 54.6 Å². The van der Waals surface area contributed by atoms with Crippen LogP contribution in [0.4, 0.5) is 15.8 Å². The van der Waals surface area contributed by atoms with Gasteiger partial charge in [-0.25, -0.2) is 4.39 Å². The number of nitrogens with one attached hydrogen (secondary N) is 1. The van der Waals surface area contributed by atoms with Crippen molar-refractivity contribution in [2.24, 2.45) is 0 Å². The van der Waals surface area contributed by atoms with Crippen molar-refractivity contribution in [3.8, 4) is 11.8 Å². The Morgan fingerprint density at radius 2 is 1.79 bits per heavy atom. The number of benzene rings is 3. The first-order chi connectivity index (χ1) is 13.9. The molecule has 5 heteroatoms. The van der Waals surface area contributed by atoms with E-state index in [1.54, 1.807) is 31.2 Å². The summed E-state index contributed by atoms with van der Waals surface area (Å²) in [6.07, 6.45) is 0. The zero-order valence-electron chi connectivity index (χ0n) is 15.8. The van der Waals surface area contributed by atoms with Crippen LogP contribution in [0.3, 0.4) is 0 Å². The van der Waals surface area contributed by atoms with Crippen molar-refractivity contribution >= 4 is 46.9 Å². The third-order valence-electron chi connectivity index (χ3n) is 4.96. The largest absolute Gasteiger partial charge is 0.355 e. The second kappa shape index (κ2) is 7.12. The van der Waals surface area contributed by atoms with Crippen LogP contribution >= 0.6 is 11.6 Å². The summed E-state index contributed by atoms with van der Waals surface area (Å²) in [7, 11) is 0. The van der Waals surface area contributed by atoms with Crippen LogP contribution in [-0.2, 0) is 0 Å². The Kier molecular flexibility index (Phi) is 4.62. The fourth-order valence-electron chi connectivity index (χ4n) is 3.50. The highest BCUT2D eigenvalue weighted by molar-refractivity contribution is 6.36. The molecular weight excluding hydrogens is 385 g/mol. The Balaban J connectivity index is 1.96. The van der Waals surface area contributed by atoms with Gasteiger partial charge in [-0.1, -0.05) is 36.9 Å². The van der Waals surface area contributed by atoms with Crippen LogP contribution in [0.1, 0.15) is 11.1 Å². The number of rotatable bonds is 3. The van der Waals surface area contributed by atoms with Gasteiger partial charge in [0.25, 0.3) is 0 Å². The molecule has 0 aliphatic carbocycles. The molecule has 0 radical (unpaired) electrons. The molecule has 0 aliphatic rings. The lowest BCUT2D eigenvalue weighted by atomic mass is 10.1. The summed E-state index contributed by atoms with van der Waals surface area (Å²) >= 11 is 6.49. The number of nitrogens with zero attached hydrogens (tertiary/aromatic N) is 2. The highest BCUT2D eigenvalue weighted by Gasteiger charge is 2.14. The maximum absolute atomic E-state index is 14.0. The lowest BCUT2D eigenvalue weighted by Gasteiger charge is -2.10.